The van der Waals surface area contributed by atoms with Gasteiger partial charge in [-0.1, -0.05) is 83.4 Å². The Balaban J connectivity index is 1.66. The SMILES string of the molecule is Cc1ccc(CNC(=S)c2ccccc2OCc2ccc(Cl)c(Cl)c2)cc1. The lowest BCUT2D eigenvalue weighted by atomic mass is 10.1. The van der Waals surface area contributed by atoms with Crippen LogP contribution in [0.5, 0.6) is 5.75 Å². The Morgan fingerprint density at radius 2 is 1.63 bits per heavy atom. The zero-order chi connectivity index (χ0) is 19.2. The number of rotatable bonds is 6. The number of aryl methyl sites for hydroxylation is 1. The van der Waals surface area contributed by atoms with Crippen LogP contribution in [0.15, 0.2) is 66.7 Å². The molecule has 27 heavy (non-hydrogen) atoms. The van der Waals surface area contributed by atoms with Crippen molar-refractivity contribution in [2.75, 3.05) is 0 Å². The van der Waals surface area contributed by atoms with Crippen molar-refractivity contribution in [3.63, 3.8) is 0 Å². The fourth-order valence-electron chi connectivity index (χ4n) is 2.55. The van der Waals surface area contributed by atoms with Crippen LogP contribution in [0.25, 0.3) is 0 Å². The molecule has 0 heterocycles. The fraction of sp³-hybridized carbons (Fsp3) is 0.136. The van der Waals surface area contributed by atoms with E-state index in [0.717, 1.165) is 16.9 Å². The Hall–Kier alpha value is -2.07. The number of nitrogens with one attached hydrogen (secondary N) is 1. The Kier molecular flexibility index (Phi) is 6.73. The molecule has 0 aliphatic heterocycles. The highest BCUT2D eigenvalue weighted by Gasteiger charge is 2.09. The average Bonchev–Trinajstić information content (AvgIpc) is 2.68. The Morgan fingerprint density at radius 1 is 0.926 bits per heavy atom. The van der Waals surface area contributed by atoms with Crippen molar-refractivity contribution in [3.05, 3.63) is 99.0 Å². The van der Waals surface area contributed by atoms with E-state index in [4.69, 9.17) is 40.2 Å². The molecule has 0 radical (unpaired) electrons. The second-order valence-corrected chi connectivity index (χ2v) is 7.42. The highest BCUT2D eigenvalue weighted by Crippen LogP contribution is 2.24. The largest absolute Gasteiger partial charge is 0.488 e. The number of benzene rings is 3. The number of thiocarbonyl (C=S) groups is 1. The molecule has 1 N–H and O–H groups in total. The normalized spacial score (nSPS) is 10.5. The summed E-state index contributed by atoms with van der Waals surface area (Å²) in [5.74, 6) is 0.727. The van der Waals surface area contributed by atoms with Gasteiger partial charge in [0, 0.05) is 6.54 Å². The van der Waals surface area contributed by atoms with Gasteiger partial charge in [0.15, 0.2) is 0 Å². The summed E-state index contributed by atoms with van der Waals surface area (Å²) in [7, 11) is 0. The van der Waals surface area contributed by atoms with E-state index in [0.29, 0.717) is 28.2 Å². The van der Waals surface area contributed by atoms with Gasteiger partial charge in [-0.05, 0) is 42.3 Å². The number of hydrogen-bond acceptors (Lipinski definition) is 2. The zero-order valence-corrected chi connectivity index (χ0v) is 17.2. The van der Waals surface area contributed by atoms with E-state index < -0.39 is 0 Å². The number of halogens is 2. The van der Waals surface area contributed by atoms with Crippen molar-refractivity contribution in [2.45, 2.75) is 20.1 Å². The fourth-order valence-corrected chi connectivity index (χ4v) is 3.12. The van der Waals surface area contributed by atoms with Crippen molar-refractivity contribution in [3.8, 4) is 5.75 Å². The average molecular weight is 416 g/mol. The van der Waals surface area contributed by atoms with E-state index in [1.807, 2.05) is 30.3 Å². The van der Waals surface area contributed by atoms with Crippen molar-refractivity contribution < 1.29 is 4.74 Å². The smallest absolute Gasteiger partial charge is 0.129 e. The van der Waals surface area contributed by atoms with E-state index in [2.05, 4.69) is 36.5 Å². The molecule has 0 spiro atoms. The van der Waals surface area contributed by atoms with Crippen molar-refractivity contribution >= 4 is 40.4 Å². The van der Waals surface area contributed by atoms with Gasteiger partial charge in [-0.2, -0.15) is 0 Å². The number of hydrogen-bond donors (Lipinski definition) is 1. The van der Waals surface area contributed by atoms with Crippen LogP contribution in [0.2, 0.25) is 10.0 Å². The Labute approximate surface area is 175 Å². The molecule has 0 atom stereocenters. The minimum atomic E-state index is 0.383. The third-order valence-corrected chi connectivity index (χ3v) is 5.19. The highest BCUT2D eigenvalue weighted by atomic mass is 35.5. The van der Waals surface area contributed by atoms with Crippen molar-refractivity contribution in [1.29, 1.82) is 0 Å². The minimum Gasteiger partial charge on any atom is -0.488 e. The highest BCUT2D eigenvalue weighted by molar-refractivity contribution is 7.80. The third-order valence-electron chi connectivity index (χ3n) is 4.08. The Morgan fingerprint density at radius 3 is 2.37 bits per heavy atom. The maximum atomic E-state index is 6.07. The molecule has 0 bridgehead atoms. The summed E-state index contributed by atoms with van der Waals surface area (Å²) in [6.07, 6.45) is 0. The Bertz CT molecular complexity index is 941. The maximum absolute atomic E-state index is 6.07. The van der Waals surface area contributed by atoms with E-state index in [-0.39, 0.29) is 0 Å². The lowest BCUT2D eigenvalue weighted by Crippen LogP contribution is -2.22. The molecule has 3 aromatic carbocycles. The van der Waals surface area contributed by atoms with Gasteiger partial charge in [-0.3, -0.25) is 0 Å². The van der Waals surface area contributed by atoms with Gasteiger partial charge in [-0.25, -0.2) is 0 Å². The standard InChI is InChI=1S/C22H19Cl2NOS/c1-15-6-8-16(9-7-15)13-25-22(27)18-4-2-3-5-21(18)26-14-17-10-11-19(23)20(24)12-17/h2-12H,13-14H2,1H3,(H,25,27). The van der Waals surface area contributed by atoms with Gasteiger partial charge in [0.05, 0.1) is 15.6 Å². The van der Waals surface area contributed by atoms with Crippen LogP contribution in [0.1, 0.15) is 22.3 Å². The maximum Gasteiger partial charge on any atom is 0.129 e. The summed E-state index contributed by atoms with van der Waals surface area (Å²) >= 11 is 17.6. The van der Waals surface area contributed by atoms with Crippen molar-refractivity contribution in [2.24, 2.45) is 0 Å². The van der Waals surface area contributed by atoms with Gasteiger partial charge in [-0.15, -0.1) is 0 Å². The molecule has 138 valence electrons. The molecule has 3 aromatic rings. The van der Waals surface area contributed by atoms with Gasteiger partial charge in [0.25, 0.3) is 0 Å². The van der Waals surface area contributed by atoms with Gasteiger partial charge >= 0.3 is 0 Å². The van der Waals surface area contributed by atoms with Crippen LogP contribution >= 0.6 is 35.4 Å². The summed E-state index contributed by atoms with van der Waals surface area (Å²) in [6, 6.07) is 21.6. The van der Waals surface area contributed by atoms with Crippen molar-refractivity contribution in [1.82, 2.24) is 5.32 Å². The number of para-hydroxylation sites is 1. The molecule has 2 nitrogen and oxygen atoms in total. The molecule has 0 amide bonds. The zero-order valence-electron chi connectivity index (χ0n) is 14.8. The lowest BCUT2D eigenvalue weighted by Gasteiger charge is -2.14. The van der Waals surface area contributed by atoms with Crippen LogP contribution in [-0.4, -0.2) is 4.99 Å². The molecule has 0 unspecified atom stereocenters. The predicted octanol–water partition coefficient (Wildman–Crippen LogP) is 6.35. The first-order chi connectivity index (χ1) is 13.0. The molecule has 5 heteroatoms. The second-order valence-electron chi connectivity index (χ2n) is 6.20. The summed E-state index contributed by atoms with van der Waals surface area (Å²) in [6.45, 7) is 3.12. The molecule has 0 aliphatic rings. The molecule has 3 rings (SSSR count). The van der Waals surface area contributed by atoms with E-state index in [1.165, 1.54) is 11.1 Å². The monoisotopic (exact) mass is 415 g/mol. The molecule has 0 aromatic heterocycles. The topological polar surface area (TPSA) is 21.3 Å². The summed E-state index contributed by atoms with van der Waals surface area (Å²) in [4.78, 5) is 0.653. The van der Waals surface area contributed by atoms with Crippen LogP contribution in [0.3, 0.4) is 0 Å². The molecule has 0 fully saturated rings. The van der Waals surface area contributed by atoms with Gasteiger partial charge in [0.1, 0.15) is 17.3 Å². The molecule has 0 saturated carbocycles. The van der Waals surface area contributed by atoms with E-state index >= 15 is 0 Å². The lowest BCUT2D eigenvalue weighted by molar-refractivity contribution is 0.305. The minimum absolute atomic E-state index is 0.383. The van der Waals surface area contributed by atoms with E-state index in [9.17, 15) is 0 Å². The predicted molar refractivity (Wildman–Crippen MR) is 117 cm³/mol. The van der Waals surface area contributed by atoms with Gasteiger partial charge in [0.2, 0.25) is 0 Å². The van der Waals surface area contributed by atoms with Crippen LogP contribution in [0, 0.1) is 6.92 Å². The first-order valence-electron chi connectivity index (χ1n) is 8.52. The molecule has 0 aliphatic carbocycles. The van der Waals surface area contributed by atoms with E-state index in [1.54, 1.807) is 12.1 Å². The van der Waals surface area contributed by atoms with Crippen LogP contribution < -0.4 is 10.1 Å². The molecule has 0 saturated heterocycles. The third kappa shape index (κ3) is 5.46. The summed E-state index contributed by atoms with van der Waals surface area (Å²) in [5, 5.41) is 4.35. The molecular weight excluding hydrogens is 397 g/mol. The van der Waals surface area contributed by atoms with Crippen LogP contribution in [0.4, 0.5) is 0 Å². The van der Waals surface area contributed by atoms with Gasteiger partial charge < -0.3 is 10.1 Å². The first-order valence-corrected chi connectivity index (χ1v) is 9.69. The summed E-state index contributed by atoms with van der Waals surface area (Å²) < 4.78 is 5.98. The molecular formula is C22H19Cl2NOS. The van der Waals surface area contributed by atoms with Crippen LogP contribution in [-0.2, 0) is 13.2 Å². The first kappa shape index (κ1) is 19.7. The number of ether oxygens (including phenoxy) is 1. The second kappa shape index (κ2) is 9.23. The summed E-state index contributed by atoms with van der Waals surface area (Å²) in [5.41, 5.74) is 4.22. The quantitative estimate of drug-likeness (QED) is 0.474.